The van der Waals surface area contributed by atoms with Gasteiger partial charge in [-0.2, -0.15) is 0 Å². The van der Waals surface area contributed by atoms with Crippen molar-refractivity contribution in [1.82, 2.24) is 10.6 Å². The van der Waals surface area contributed by atoms with Crippen LogP contribution in [0.15, 0.2) is 0 Å². The zero-order valence-corrected chi connectivity index (χ0v) is 26.5. The molecule has 0 saturated carbocycles. The predicted octanol–water partition coefficient (Wildman–Crippen LogP) is 5.18. The smallest absolute Gasteiger partial charge is 0.326 e. The van der Waals surface area contributed by atoms with Crippen LogP contribution in [0.25, 0.3) is 0 Å². The van der Waals surface area contributed by atoms with E-state index in [9.17, 15) is 29.1 Å². The van der Waals surface area contributed by atoms with Gasteiger partial charge >= 0.3 is 11.9 Å². The van der Waals surface area contributed by atoms with Gasteiger partial charge in [-0.1, -0.05) is 89.9 Å². The highest BCUT2D eigenvalue weighted by atomic mass is 16.5. The Morgan fingerprint density at radius 3 is 1.51 bits per heavy atom. The van der Waals surface area contributed by atoms with Crippen LogP contribution >= 0.6 is 0 Å². The molecule has 0 bridgehead atoms. The third-order valence-corrected chi connectivity index (χ3v) is 7.08. The number of rotatable bonds is 32. The lowest BCUT2D eigenvalue weighted by molar-refractivity contribution is -0.142. The molecule has 0 aromatic carbocycles. The highest BCUT2D eigenvalue weighted by Gasteiger charge is 2.20. The number of Topliss-reactive ketones (excluding diaryl/α,β-unsaturated/α-hetero) is 1. The van der Waals surface area contributed by atoms with E-state index in [-0.39, 0.29) is 63.2 Å². The van der Waals surface area contributed by atoms with E-state index in [1.807, 2.05) is 0 Å². The molecule has 1 unspecified atom stereocenters. The molecule has 0 saturated heterocycles. The molecular weight excluding hydrogens is 556 g/mol. The summed E-state index contributed by atoms with van der Waals surface area (Å²) >= 11 is 0. The van der Waals surface area contributed by atoms with Crippen LogP contribution in [0.3, 0.4) is 0 Å². The van der Waals surface area contributed by atoms with Gasteiger partial charge in [0.25, 0.3) is 0 Å². The summed E-state index contributed by atoms with van der Waals surface area (Å²) in [5, 5.41) is 23.2. The van der Waals surface area contributed by atoms with Crippen LogP contribution in [-0.4, -0.2) is 78.8 Å². The molecule has 0 aliphatic carbocycles. The molecular formula is C32H58N2O9. The summed E-state index contributed by atoms with van der Waals surface area (Å²) in [6.45, 7) is 2.63. The first-order chi connectivity index (χ1) is 20.7. The first-order valence-electron chi connectivity index (χ1n) is 16.4. The van der Waals surface area contributed by atoms with Crippen molar-refractivity contribution in [1.29, 1.82) is 0 Å². The molecule has 11 nitrogen and oxygen atoms in total. The number of aliphatic carboxylic acids is 2. The second-order valence-corrected chi connectivity index (χ2v) is 11.3. The van der Waals surface area contributed by atoms with Crippen LogP contribution < -0.4 is 10.6 Å². The topological polar surface area (TPSA) is 168 Å². The monoisotopic (exact) mass is 614 g/mol. The zero-order chi connectivity index (χ0) is 32.0. The Labute approximate surface area is 258 Å². The minimum absolute atomic E-state index is 0.0167. The standard InChI is InChI=1S/C32H58N2O9/c1-27(35)26-43-25-24-42-23-22-33-29(36)21-20-28(32(40)41)34-30(37)18-16-14-12-10-8-6-4-2-3-5-7-9-11-13-15-17-19-31(38)39/h28H,2-26H2,1H3,(H,33,36)(H,34,37)(H,38,39)(H,40,41). The number of hydrogen-bond donors (Lipinski definition) is 4. The quantitative estimate of drug-likeness (QED) is 0.0746. The highest BCUT2D eigenvalue weighted by molar-refractivity contribution is 5.84. The molecule has 0 heterocycles. The maximum absolute atomic E-state index is 12.2. The van der Waals surface area contributed by atoms with Gasteiger partial charge in [0.05, 0.1) is 19.8 Å². The summed E-state index contributed by atoms with van der Waals surface area (Å²) in [4.78, 5) is 56.9. The van der Waals surface area contributed by atoms with Gasteiger partial charge in [-0.3, -0.25) is 19.2 Å². The van der Waals surface area contributed by atoms with Crippen molar-refractivity contribution in [3.8, 4) is 0 Å². The zero-order valence-electron chi connectivity index (χ0n) is 26.5. The Kier molecular flexibility index (Phi) is 27.8. The van der Waals surface area contributed by atoms with E-state index in [1.165, 1.54) is 64.7 Å². The van der Waals surface area contributed by atoms with E-state index >= 15 is 0 Å². The summed E-state index contributed by atoms with van der Waals surface area (Å²) < 4.78 is 10.3. The molecule has 0 aromatic heterocycles. The fraction of sp³-hybridized carbons (Fsp3) is 0.844. The van der Waals surface area contributed by atoms with Crippen molar-refractivity contribution in [2.24, 2.45) is 0 Å². The molecule has 4 N–H and O–H groups in total. The third-order valence-electron chi connectivity index (χ3n) is 7.08. The van der Waals surface area contributed by atoms with E-state index in [0.717, 1.165) is 44.9 Å². The number of amides is 2. The van der Waals surface area contributed by atoms with Crippen LogP contribution in [0.5, 0.6) is 0 Å². The van der Waals surface area contributed by atoms with Crippen LogP contribution in [0.1, 0.15) is 135 Å². The molecule has 0 aliphatic rings. The predicted molar refractivity (Wildman–Crippen MR) is 165 cm³/mol. The van der Waals surface area contributed by atoms with Crippen molar-refractivity contribution in [3.05, 3.63) is 0 Å². The fourth-order valence-corrected chi connectivity index (χ4v) is 4.62. The summed E-state index contributed by atoms with van der Waals surface area (Å²) in [6.07, 6.45) is 18.7. The number of ketones is 1. The third kappa shape index (κ3) is 30.7. The van der Waals surface area contributed by atoms with E-state index in [0.29, 0.717) is 13.0 Å². The molecule has 2 amide bonds. The Balaban J connectivity index is 3.61. The lowest BCUT2D eigenvalue weighted by Crippen LogP contribution is -2.41. The Morgan fingerprint density at radius 2 is 1.05 bits per heavy atom. The minimum Gasteiger partial charge on any atom is -0.481 e. The van der Waals surface area contributed by atoms with Crippen molar-refractivity contribution in [3.63, 3.8) is 0 Å². The molecule has 0 rings (SSSR count). The molecule has 0 fully saturated rings. The van der Waals surface area contributed by atoms with Crippen LogP contribution in [0, 0.1) is 0 Å². The lowest BCUT2D eigenvalue weighted by Gasteiger charge is -2.14. The number of carbonyl (C=O) groups is 5. The summed E-state index contributed by atoms with van der Waals surface area (Å²) in [6, 6.07) is -1.09. The van der Waals surface area contributed by atoms with Gasteiger partial charge in [-0.15, -0.1) is 0 Å². The number of nitrogens with one attached hydrogen (secondary N) is 2. The number of ether oxygens (including phenoxy) is 2. The number of carboxylic acids is 2. The SMILES string of the molecule is CC(=O)COCCOCCNC(=O)CCC(NC(=O)CCCCCCCCCCCCCCCCCCC(=O)O)C(=O)O. The summed E-state index contributed by atoms with van der Waals surface area (Å²) in [7, 11) is 0. The van der Waals surface area contributed by atoms with E-state index in [4.69, 9.17) is 14.6 Å². The van der Waals surface area contributed by atoms with Gasteiger partial charge in [0.15, 0.2) is 5.78 Å². The average Bonchev–Trinajstić information content (AvgIpc) is 2.95. The normalized spacial score (nSPS) is 11.7. The summed E-state index contributed by atoms with van der Waals surface area (Å²) in [5.41, 5.74) is 0. The summed E-state index contributed by atoms with van der Waals surface area (Å²) in [5.74, 6) is -2.52. The Morgan fingerprint density at radius 1 is 0.581 bits per heavy atom. The van der Waals surface area contributed by atoms with Crippen molar-refractivity contribution < 1.29 is 43.7 Å². The molecule has 250 valence electrons. The highest BCUT2D eigenvalue weighted by Crippen LogP contribution is 2.14. The van der Waals surface area contributed by atoms with E-state index < -0.39 is 18.0 Å². The number of unbranched alkanes of at least 4 members (excludes halogenated alkanes) is 15. The molecule has 1 atom stereocenters. The Bertz CT molecular complexity index is 761. The molecule has 0 radical (unpaired) electrons. The van der Waals surface area contributed by atoms with Crippen molar-refractivity contribution in [2.45, 2.75) is 141 Å². The largest absolute Gasteiger partial charge is 0.481 e. The van der Waals surface area contributed by atoms with Gasteiger partial charge in [-0.25, -0.2) is 4.79 Å². The number of hydrogen-bond acceptors (Lipinski definition) is 7. The first-order valence-corrected chi connectivity index (χ1v) is 16.4. The van der Waals surface area contributed by atoms with Crippen LogP contribution in [0.2, 0.25) is 0 Å². The van der Waals surface area contributed by atoms with Gasteiger partial charge in [0.2, 0.25) is 11.8 Å². The van der Waals surface area contributed by atoms with Gasteiger partial charge in [0.1, 0.15) is 12.6 Å². The van der Waals surface area contributed by atoms with E-state index in [1.54, 1.807) is 0 Å². The molecule has 0 aromatic rings. The first kappa shape index (κ1) is 40.5. The molecule has 0 spiro atoms. The van der Waals surface area contributed by atoms with Crippen LogP contribution in [-0.2, 0) is 33.4 Å². The van der Waals surface area contributed by atoms with Crippen molar-refractivity contribution in [2.75, 3.05) is 33.0 Å². The second kappa shape index (κ2) is 29.5. The molecule has 0 aliphatic heterocycles. The minimum atomic E-state index is -1.15. The molecule has 11 heteroatoms. The second-order valence-electron chi connectivity index (χ2n) is 11.3. The average molecular weight is 615 g/mol. The van der Waals surface area contributed by atoms with Gasteiger partial charge < -0.3 is 30.3 Å². The Hall–Kier alpha value is -2.53. The maximum Gasteiger partial charge on any atom is 0.326 e. The number of carbonyl (C=O) groups excluding carboxylic acids is 3. The van der Waals surface area contributed by atoms with E-state index in [2.05, 4.69) is 10.6 Å². The maximum atomic E-state index is 12.2. The molecule has 43 heavy (non-hydrogen) atoms. The van der Waals surface area contributed by atoms with Gasteiger partial charge in [0, 0.05) is 25.8 Å². The lowest BCUT2D eigenvalue weighted by atomic mass is 10.0. The van der Waals surface area contributed by atoms with Gasteiger partial charge in [-0.05, 0) is 26.2 Å². The fourth-order valence-electron chi connectivity index (χ4n) is 4.62. The van der Waals surface area contributed by atoms with Crippen molar-refractivity contribution >= 4 is 29.5 Å². The number of carboxylic acid groups (broad SMARTS) is 2. The van der Waals surface area contributed by atoms with Crippen LogP contribution in [0.4, 0.5) is 0 Å².